The predicted molar refractivity (Wildman–Crippen MR) is 163 cm³/mol. The van der Waals surface area contributed by atoms with Gasteiger partial charge < -0.3 is 15.0 Å². The fourth-order valence-electron chi connectivity index (χ4n) is 4.19. The van der Waals surface area contributed by atoms with Crippen molar-refractivity contribution in [2.45, 2.75) is 57.1 Å². The van der Waals surface area contributed by atoms with Crippen LogP contribution in [0.1, 0.15) is 39.2 Å². The fourth-order valence-corrected chi connectivity index (χ4v) is 6.07. The van der Waals surface area contributed by atoms with Crippen LogP contribution in [0.3, 0.4) is 0 Å². The molecule has 8 nitrogen and oxygen atoms in total. The SMILES string of the molecule is CC[C@@H](C)NC(=O)[C@@H](CC)N(Cc1ccc(Cl)cc1Cl)C(=O)CN(c1ccccc1)S(=O)(=O)c1ccc(OC)cc1. The van der Waals surface area contributed by atoms with Crippen molar-refractivity contribution in [3.8, 4) is 5.75 Å². The van der Waals surface area contributed by atoms with E-state index in [2.05, 4.69) is 5.32 Å². The largest absolute Gasteiger partial charge is 0.497 e. The van der Waals surface area contributed by atoms with Crippen molar-refractivity contribution in [1.29, 1.82) is 0 Å². The van der Waals surface area contributed by atoms with Crippen LogP contribution >= 0.6 is 23.2 Å². The Labute approximate surface area is 252 Å². The zero-order chi connectivity index (χ0) is 30.2. The predicted octanol–water partition coefficient (Wildman–Crippen LogP) is 5.92. The first-order valence-corrected chi connectivity index (χ1v) is 15.5. The molecule has 3 aromatic carbocycles. The Morgan fingerprint density at radius 2 is 1.61 bits per heavy atom. The van der Waals surface area contributed by atoms with Crippen LogP contribution in [-0.4, -0.2) is 50.9 Å². The first-order chi connectivity index (χ1) is 19.5. The second kappa shape index (κ2) is 14.6. The molecule has 0 aromatic heterocycles. The monoisotopic (exact) mass is 619 g/mol. The number of halogens is 2. The van der Waals surface area contributed by atoms with Gasteiger partial charge in [0.05, 0.1) is 17.7 Å². The molecule has 3 rings (SSSR count). The van der Waals surface area contributed by atoms with Crippen molar-refractivity contribution in [2.75, 3.05) is 18.0 Å². The van der Waals surface area contributed by atoms with Gasteiger partial charge in [-0.3, -0.25) is 13.9 Å². The third kappa shape index (κ3) is 8.15. The molecule has 0 aliphatic rings. The normalized spacial score (nSPS) is 12.7. The summed E-state index contributed by atoms with van der Waals surface area (Å²) in [7, 11) is -2.70. The van der Waals surface area contributed by atoms with Crippen molar-refractivity contribution in [3.63, 3.8) is 0 Å². The van der Waals surface area contributed by atoms with Crippen LogP contribution in [0.2, 0.25) is 10.0 Å². The van der Waals surface area contributed by atoms with Gasteiger partial charge in [-0.2, -0.15) is 0 Å². The number of para-hydroxylation sites is 1. The van der Waals surface area contributed by atoms with Crippen molar-refractivity contribution in [3.05, 3.63) is 88.4 Å². The molecule has 0 heterocycles. The second-order valence-electron chi connectivity index (χ2n) is 9.52. The summed E-state index contributed by atoms with van der Waals surface area (Å²) >= 11 is 12.5. The Bertz CT molecular complexity index is 1440. The molecule has 11 heteroatoms. The van der Waals surface area contributed by atoms with Gasteiger partial charge in [-0.15, -0.1) is 0 Å². The Hall–Kier alpha value is -3.27. The molecule has 0 aliphatic heterocycles. The van der Waals surface area contributed by atoms with Gasteiger partial charge in [0, 0.05) is 22.6 Å². The van der Waals surface area contributed by atoms with E-state index in [4.69, 9.17) is 27.9 Å². The average Bonchev–Trinajstić information content (AvgIpc) is 2.97. The number of hydrogen-bond donors (Lipinski definition) is 1. The van der Waals surface area contributed by atoms with Crippen LogP contribution < -0.4 is 14.4 Å². The van der Waals surface area contributed by atoms with E-state index in [-0.39, 0.29) is 23.4 Å². The lowest BCUT2D eigenvalue weighted by Crippen LogP contribution is -2.53. The van der Waals surface area contributed by atoms with Crippen LogP contribution in [0.25, 0.3) is 0 Å². The summed E-state index contributed by atoms with van der Waals surface area (Å²) < 4.78 is 34.0. The average molecular weight is 621 g/mol. The van der Waals surface area contributed by atoms with Crippen molar-refractivity contribution >= 4 is 50.7 Å². The van der Waals surface area contributed by atoms with E-state index >= 15 is 0 Å². The Morgan fingerprint density at radius 1 is 0.951 bits per heavy atom. The van der Waals surface area contributed by atoms with Crippen LogP contribution in [0.15, 0.2) is 77.7 Å². The quantitative estimate of drug-likeness (QED) is 0.256. The number of amides is 2. The molecule has 0 aliphatic carbocycles. The molecular formula is C30H35Cl2N3O5S. The molecular weight excluding hydrogens is 585 g/mol. The summed E-state index contributed by atoms with van der Waals surface area (Å²) in [5.41, 5.74) is 0.877. The Morgan fingerprint density at radius 3 is 2.17 bits per heavy atom. The highest BCUT2D eigenvalue weighted by Gasteiger charge is 2.34. The van der Waals surface area contributed by atoms with E-state index in [9.17, 15) is 18.0 Å². The summed E-state index contributed by atoms with van der Waals surface area (Å²) in [6.07, 6.45) is 1.01. The number of sulfonamides is 1. The van der Waals surface area contributed by atoms with Gasteiger partial charge in [-0.1, -0.05) is 61.3 Å². The maximum atomic E-state index is 14.1. The number of ether oxygens (including phenoxy) is 1. The zero-order valence-corrected chi connectivity index (χ0v) is 25.8. The lowest BCUT2D eigenvalue weighted by atomic mass is 10.1. The molecule has 0 unspecified atom stereocenters. The van der Waals surface area contributed by atoms with Crippen LogP contribution in [0.4, 0.5) is 5.69 Å². The molecule has 0 bridgehead atoms. The minimum absolute atomic E-state index is 0.0104. The molecule has 0 radical (unpaired) electrons. The van der Waals surface area contributed by atoms with Gasteiger partial charge in [-0.25, -0.2) is 8.42 Å². The molecule has 0 fully saturated rings. The Balaban J connectivity index is 2.06. The molecule has 0 saturated carbocycles. The number of carbonyl (C=O) groups excluding carboxylic acids is 2. The molecule has 0 spiro atoms. The van der Waals surface area contributed by atoms with Crippen LogP contribution in [-0.2, 0) is 26.2 Å². The van der Waals surface area contributed by atoms with E-state index in [0.717, 1.165) is 4.31 Å². The first-order valence-electron chi connectivity index (χ1n) is 13.3. The van der Waals surface area contributed by atoms with Gasteiger partial charge in [0.15, 0.2) is 0 Å². The van der Waals surface area contributed by atoms with Crippen molar-refractivity contribution in [1.82, 2.24) is 10.2 Å². The van der Waals surface area contributed by atoms with Crippen molar-refractivity contribution < 1.29 is 22.7 Å². The maximum absolute atomic E-state index is 14.1. The van der Waals surface area contributed by atoms with E-state index in [1.54, 1.807) is 67.6 Å². The molecule has 220 valence electrons. The highest BCUT2D eigenvalue weighted by molar-refractivity contribution is 7.92. The number of nitrogens with zero attached hydrogens (tertiary/aromatic N) is 2. The third-order valence-corrected chi connectivity index (χ3v) is 9.09. The zero-order valence-electron chi connectivity index (χ0n) is 23.5. The van der Waals surface area contributed by atoms with Gasteiger partial charge in [0.25, 0.3) is 10.0 Å². The number of anilines is 1. The minimum Gasteiger partial charge on any atom is -0.497 e. The van der Waals surface area contributed by atoms with E-state index in [1.807, 2.05) is 13.8 Å². The number of hydrogen-bond acceptors (Lipinski definition) is 5. The van der Waals surface area contributed by atoms with E-state index in [1.165, 1.54) is 24.1 Å². The number of carbonyl (C=O) groups is 2. The molecule has 41 heavy (non-hydrogen) atoms. The summed E-state index contributed by atoms with van der Waals surface area (Å²) in [5, 5.41) is 3.71. The fraction of sp³-hybridized carbons (Fsp3) is 0.333. The first kappa shape index (κ1) is 32.2. The molecule has 0 saturated heterocycles. The summed E-state index contributed by atoms with van der Waals surface area (Å²) in [6.45, 7) is 5.06. The van der Waals surface area contributed by atoms with Gasteiger partial charge >= 0.3 is 0 Å². The number of methoxy groups -OCH3 is 1. The van der Waals surface area contributed by atoms with Crippen LogP contribution in [0, 0.1) is 0 Å². The Kier molecular flexibility index (Phi) is 11.5. The second-order valence-corrected chi connectivity index (χ2v) is 12.2. The highest BCUT2D eigenvalue weighted by atomic mass is 35.5. The molecule has 3 aromatic rings. The number of benzene rings is 3. The number of nitrogens with one attached hydrogen (secondary N) is 1. The molecule has 2 atom stereocenters. The van der Waals surface area contributed by atoms with Gasteiger partial charge in [-0.05, 0) is 73.9 Å². The third-order valence-electron chi connectivity index (χ3n) is 6.71. The molecule has 1 N–H and O–H groups in total. The van der Waals surface area contributed by atoms with Crippen molar-refractivity contribution in [2.24, 2.45) is 0 Å². The van der Waals surface area contributed by atoms with E-state index < -0.39 is 28.5 Å². The molecule has 2 amide bonds. The highest BCUT2D eigenvalue weighted by Crippen LogP contribution is 2.27. The number of rotatable bonds is 13. The maximum Gasteiger partial charge on any atom is 0.264 e. The lowest BCUT2D eigenvalue weighted by Gasteiger charge is -2.34. The standard InChI is InChI=1S/C30H35Cl2N3O5S/c1-5-21(3)33-30(37)28(6-2)34(19-22-12-13-23(31)18-27(22)32)29(36)20-35(24-10-8-7-9-11-24)41(38,39)26-16-14-25(40-4)15-17-26/h7-18,21,28H,5-6,19-20H2,1-4H3,(H,33,37)/t21-,28-/m1/s1. The van der Waals surface area contributed by atoms with Gasteiger partial charge in [0.1, 0.15) is 18.3 Å². The van der Waals surface area contributed by atoms with Crippen LogP contribution in [0.5, 0.6) is 5.75 Å². The van der Waals surface area contributed by atoms with E-state index in [0.29, 0.717) is 39.9 Å². The summed E-state index contributed by atoms with van der Waals surface area (Å²) in [4.78, 5) is 28.8. The summed E-state index contributed by atoms with van der Waals surface area (Å²) in [5.74, 6) is -0.400. The van der Waals surface area contributed by atoms with Gasteiger partial charge in [0.2, 0.25) is 11.8 Å². The smallest absolute Gasteiger partial charge is 0.264 e. The topological polar surface area (TPSA) is 96.0 Å². The minimum atomic E-state index is -4.18. The summed E-state index contributed by atoms with van der Waals surface area (Å²) in [6, 6.07) is 18.2. The lowest BCUT2D eigenvalue weighted by molar-refractivity contribution is -0.140.